The number of nitrogens with one attached hydrogen (secondary N) is 1. The number of pyridine rings is 1. The average molecular weight is 389 g/mol. The van der Waals surface area contributed by atoms with Gasteiger partial charge >= 0.3 is 0 Å². The van der Waals surface area contributed by atoms with Crippen LogP contribution < -0.4 is 10.1 Å². The predicted molar refractivity (Wildman–Crippen MR) is 114 cm³/mol. The number of nitrogens with zero attached hydrogens (tertiary/aromatic N) is 2. The fourth-order valence-corrected chi connectivity index (χ4v) is 3.08. The van der Waals surface area contributed by atoms with Gasteiger partial charge in [0.1, 0.15) is 12.6 Å². The number of hydrogen-bond donors (Lipinski definition) is 1. The number of benzene rings is 2. The van der Waals surface area contributed by atoms with Crippen LogP contribution >= 0.6 is 0 Å². The molecule has 0 aliphatic rings. The molecule has 0 aliphatic heterocycles. The van der Waals surface area contributed by atoms with E-state index < -0.39 is 0 Å². The molecule has 5 nitrogen and oxygen atoms in total. The average Bonchev–Trinajstić information content (AvgIpc) is 2.78. The zero-order chi connectivity index (χ0) is 20.5. The Hall–Kier alpha value is -3.18. The maximum atomic E-state index is 12.9. The Morgan fingerprint density at radius 2 is 1.72 bits per heavy atom. The first kappa shape index (κ1) is 20.6. The van der Waals surface area contributed by atoms with Crippen LogP contribution in [0.15, 0.2) is 79.0 Å². The van der Waals surface area contributed by atoms with E-state index in [1.54, 1.807) is 6.20 Å². The van der Waals surface area contributed by atoms with Crippen molar-refractivity contribution < 1.29 is 9.53 Å². The minimum Gasteiger partial charge on any atom is -0.473 e. The minimum absolute atomic E-state index is 0.0240. The van der Waals surface area contributed by atoms with Crippen LogP contribution in [0.5, 0.6) is 5.88 Å². The van der Waals surface area contributed by atoms with Gasteiger partial charge in [-0.1, -0.05) is 67.6 Å². The number of carbonyl (C=O) groups is 1. The smallest absolute Gasteiger partial charge is 0.242 e. The molecule has 1 heterocycles. The lowest BCUT2D eigenvalue weighted by Gasteiger charge is -2.26. The third kappa shape index (κ3) is 5.90. The number of ether oxygens (including phenoxy) is 1. The summed E-state index contributed by atoms with van der Waals surface area (Å²) in [5, 5.41) is 3.05. The summed E-state index contributed by atoms with van der Waals surface area (Å²) < 4.78 is 5.78. The molecule has 5 heteroatoms. The van der Waals surface area contributed by atoms with Crippen molar-refractivity contribution in [2.24, 2.45) is 0 Å². The third-order valence-electron chi connectivity index (χ3n) is 4.80. The summed E-state index contributed by atoms with van der Waals surface area (Å²) in [7, 11) is 1.96. The van der Waals surface area contributed by atoms with Gasteiger partial charge in [0, 0.05) is 18.8 Å². The van der Waals surface area contributed by atoms with Crippen molar-refractivity contribution in [1.29, 1.82) is 0 Å². The zero-order valence-corrected chi connectivity index (χ0v) is 16.9. The van der Waals surface area contributed by atoms with Crippen LogP contribution in [0.4, 0.5) is 0 Å². The SMILES string of the molecule is CCN(C)C(C(=O)NCc1ccnc(OCc2ccccc2)c1)c1ccccc1. The molecule has 0 saturated heterocycles. The second-order valence-electron chi connectivity index (χ2n) is 6.88. The van der Waals surface area contributed by atoms with Crippen LogP contribution in [0.2, 0.25) is 0 Å². The molecule has 1 atom stereocenters. The largest absolute Gasteiger partial charge is 0.473 e. The molecule has 0 spiro atoms. The summed E-state index contributed by atoms with van der Waals surface area (Å²) in [6.07, 6.45) is 1.70. The summed E-state index contributed by atoms with van der Waals surface area (Å²) >= 11 is 0. The van der Waals surface area contributed by atoms with Gasteiger partial charge in [-0.3, -0.25) is 9.69 Å². The van der Waals surface area contributed by atoms with Crippen LogP contribution in [0.1, 0.15) is 29.7 Å². The summed E-state index contributed by atoms with van der Waals surface area (Å²) in [4.78, 5) is 19.2. The molecule has 0 saturated carbocycles. The van der Waals surface area contributed by atoms with E-state index in [2.05, 4.69) is 10.3 Å². The number of aromatic nitrogens is 1. The Bertz CT molecular complexity index is 900. The van der Waals surface area contributed by atoms with Gasteiger partial charge in [0.2, 0.25) is 11.8 Å². The number of likely N-dealkylation sites (N-methyl/N-ethyl adjacent to an activating group) is 1. The van der Waals surface area contributed by atoms with Crippen molar-refractivity contribution >= 4 is 5.91 Å². The van der Waals surface area contributed by atoms with Crippen LogP contribution in [0.3, 0.4) is 0 Å². The van der Waals surface area contributed by atoms with E-state index >= 15 is 0 Å². The van der Waals surface area contributed by atoms with Gasteiger partial charge in [-0.05, 0) is 36.3 Å². The first-order chi connectivity index (χ1) is 14.2. The van der Waals surface area contributed by atoms with E-state index in [4.69, 9.17) is 4.74 Å². The summed E-state index contributed by atoms with van der Waals surface area (Å²) in [6.45, 7) is 3.70. The predicted octanol–water partition coefficient (Wildman–Crippen LogP) is 3.97. The van der Waals surface area contributed by atoms with Crippen molar-refractivity contribution in [1.82, 2.24) is 15.2 Å². The van der Waals surface area contributed by atoms with Crippen LogP contribution in [-0.2, 0) is 17.9 Å². The molecular formula is C24H27N3O2. The van der Waals surface area contributed by atoms with Crippen LogP contribution in [0, 0.1) is 0 Å². The van der Waals surface area contributed by atoms with Gasteiger partial charge in [-0.25, -0.2) is 4.98 Å². The molecule has 0 fully saturated rings. The van der Waals surface area contributed by atoms with Gasteiger partial charge in [0.05, 0.1) is 0 Å². The van der Waals surface area contributed by atoms with Crippen molar-refractivity contribution in [3.05, 3.63) is 95.7 Å². The molecule has 2 aromatic carbocycles. The molecule has 150 valence electrons. The summed E-state index contributed by atoms with van der Waals surface area (Å²) in [5.41, 5.74) is 3.01. The molecule has 0 radical (unpaired) electrons. The highest BCUT2D eigenvalue weighted by Crippen LogP contribution is 2.19. The maximum Gasteiger partial charge on any atom is 0.242 e. The lowest BCUT2D eigenvalue weighted by molar-refractivity contribution is -0.126. The molecule has 1 aromatic heterocycles. The van der Waals surface area contributed by atoms with E-state index in [0.717, 1.165) is 23.2 Å². The highest BCUT2D eigenvalue weighted by molar-refractivity contribution is 5.83. The summed E-state index contributed by atoms with van der Waals surface area (Å²) in [5.74, 6) is 0.523. The Balaban J connectivity index is 1.61. The number of hydrogen-bond acceptors (Lipinski definition) is 4. The first-order valence-electron chi connectivity index (χ1n) is 9.82. The molecule has 3 rings (SSSR count). The molecular weight excluding hydrogens is 362 g/mol. The number of carbonyl (C=O) groups excluding carboxylic acids is 1. The van der Waals surface area contributed by atoms with Crippen LogP contribution in [0.25, 0.3) is 0 Å². The van der Waals surface area contributed by atoms with Crippen molar-refractivity contribution in [3.8, 4) is 5.88 Å². The second-order valence-corrected chi connectivity index (χ2v) is 6.88. The minimum atomic E-state index is -0.322. The van der Waals surface area contributed by atoms with E-state index in [1.807, 2.05) is 91.7 Å². The fraction of sp³-hybridized carbons (Fsp3) is 0.250. The van der Waals surface area contributed by atoms with E-state index in [0.29, 0.717) is 19.0 Å². The second kappa shape index (κ2) is 10.4. The zero-order valence-electron chi connectivity index (χ0n) is 16.9. The highest BCUT2D eigenvalue weighted by Gasteiger charge is 2.23. The van der Waals surface area contributed by atoms with Gasteiger partial charge in [-0.2, -0.15) is 0 Å². The Morgan fingerprint density at radius 1 is 1.03 bits per heavy atom. The molecule has 3 aromatic rings. The van der Waals surface area contributed by atoms with E-state index in [1.165, 1.54) is 0 Å². The highest BCUT2D eigenvalue weighted by atomic mass is 16.5. The molecule has 1 unspecified atom stereocenters. The van der Waals surface area contributed by atoms with Gasteiger partial charge in [-0.15, -0.1) is 0 Å². The van der Waals surface area contributed by atoms with Crippen molar-refractivity contribution in [3.63, 3.8) is 0 Å². The third-order valence-corrected chi connectivity index (χ3v) is 4.80. The van der Waals surface area contributed by atoms with E-state index in [-0.39, 0.29) is 11.9 Å². The Kier molecular flexibility index (Phi) is 7.36. The molecule has 0 aliphatic carbocycles. The Labute approximate surface area is 172 Å². The monoisotopic (exact) mass is 389 g/mol. The Morgan fingerprint density at radius 3 is 2.41 bits per heavy atom. The van der Waals surface area contributed by atoms with Crippen molar-refractivity contribution in [2.75, 3.05) is 13.6 Å². The summed E-state index contributed by atoms with van der Waals surface area (Å²) in [6, 6.07) is 23.2. The van der Waals surface area contributed by atoms with Crippen LogP contribution in [-0.4, -0.2) is 29.4 Å². The first-order valence-corrected chi connectivity index (χ1v) is 9.82. The lowest BCUT2D eigenvalue weighted by atomic mass is 10.0. The standard InChI is InChI=1S/C24H27N3O2/c1-3-27(2)23(21-12-8-5-9-13-21)24(28)26-17-20-14-15-25-22(16-20)29-18-19-10-6-4-7-11-19/h4-16,23H,3,17-18H2,1-2H3,(H,26,28). The molecule has 1 N–H and O–H groups in total. The molecule has 0 bridgehead atoms. The quantitative estimate of drug-likeness (QED) is 0.602. The lowest BCUT2D eigenvalue weighted by Crippen LogP contribution is -2.38. The number of amides is 1. The van der Waals surface area contributed by atoms with Gasteiger partial charge < -0.3 is 10.1 Å². The molecule has 1 amide bonds. The molecule has 29 heavy (non-hydrogen) atoms. The van der Waals surface area contributed by atoms with E-state index in [9.17, 15) is 4.79 Å². The maximum absolute atomic E-state index is 12.9. The van der Waals surface area contributed by atoms with Gasteiger partial charge in [0.15, 0.2) is 0 Å². The van der Waals surface area contributed by atoms with Gasteiger partial charge in [0.25, 0.3) is 0 Å². The van der Waals surface area contributed by atoms with Crippen molar-refractivity contribution in [2.45, 2.75) is 26.1 Å². The normalized spacial score (nSPS) is 11.8. The fourth-order valence-electron chi connectivity index (χ4n) is 3.08. The number of rotatable bonds is 9. The topological polar surface area (TPSA) is 54.5 Å².